The van der Waals surface area contributed by atoms with Gasteiger partial charge in [0.25, 0.3) is 0 Å². The number of aliphatic hydroxyl groups excluding tert-OH is 1. The Bertz CT molecular complexity index is 759. The summed E-state index contributed by atoms with van der Waals surface area (Å²) in [6.07, 6.45) is 12.8. The van der Waals surface area contributed by atoms with Crippen LogP contribution in [0.5, 0.6) is 0 Å². The largest absolute Gasteiger partial charge is 0.469 e. The Morgan fingerprint density at radius 3 is 2.23 bits per heavy atom. The van der Waals surface area contributed by atoms with Crippen LogP contribution in [0.2, 0.25) is 0 Å². The van der Waals surface area contributed by atoms with Gasteiger partial charge in [-0.1, -0.05) is 41.0 Å². The molecule has 0 aromatic rings. The molecular formula is C28H46O3. The summed E-state index contributed by atoms with van der Waals surface area (Å²) in [4.78, 5) is 13.0. The standard InChI is InChI=1S/C28H46O3/c1-24(2)20-11-15-27(5)21(25(20,3)14-12-22(24)29)10-9-18-19-8-7-13-28(19,23(30)31-6)17-16-26(18,27)4/h18-22,29H,7-17H2,1-6H3/t18?,19?,20?,21?,22?,25?,26-,27?,28?/m1/s1. The number of hydrogen-bond donors (Lipinski definition) is 1. The molecule has 5 aliphatic rings. The molecular weight excluding hydrogens is 384 g/mol. The first-order chi connectivity index (χ1) is 14.5. The highest BCUT2D eigenvalue weighted by molar-refractivity contribution is 5.78. The number of hydrogen-bond acceptors (Lipinski definition) is 3. The molecule has 5 aliphatic carbocycles. The highest BCUT2D eigenvalue weighted by Gasteiger charge is 2.70. The third-order valence-corrected chi connectivity index (χ3v) is 12.9. The highest BCUT2D eigenvalue weighted by Crippen LogP contribution is 2.76. The summed E-state index contributed by atoms with van der Waals surface area (Å²) in [7, 11) is 1.60. The van der Waals surface area contributed by atoms with Crippen LogP contribution in [-0.4, -0.2) is 24.3 Å². The molecule has 5 saturated carbocycles. The normalized spacial score (nSPS) is 55.4. The van der Waals surface area contributed by atoms with Crippen molar-refractivity contribution in [3.63, 3.8) is 0 Å². The molecule has 8 unspecified atom stereocenters. The molecule has 5 fully saturated rings. The summed E-state index contributed by atoms with van der Waals surface area (Å²) in [5.74, 6) is 2.62. The Morgan fingerprint density at radius 2 is 1.52 bits per heavy atom. The minimum absolute atomic E-state index is 0.0180. The molecule has 0 radical (unpaired) electrons. The maximum Gasteiger partial charge on any atom is 0.312 e. The van der Waals surface area contributed by atoms with Gasteiger partial charge in [0.05, 0.1) is 18.6 Å². The van der Waals surface area contributed by atoms with Gasteiger partial charge in [-0.2, -0.15) is 0 Å². The van der Waals surface area contributed by atoms with Crippen molar-refractivity contribution in [3.8, 4) is 0 Å². The van der Waals surface area contributed by atoms with Crippen molar-refractivity contribution in [1.82, 2.24) is 0 Å². The van der Waals surface area contributed by atoms with Crippen LogP contribution in [0.1, 0.15) is 105 Å². The summed E-state index contributed by atoms with van der Waals surface area (Å²) < 4.78 is 5.40. The first-order valence-electron chi connectivity index (χ1n) is 13.2. The van der Waals surface area contributed by atoms with E-state index in [1.165, 1.54) is 51.4 Å². The Labute approximate surface area is 190 Å². The smallest absolute Gasteiger partial charge is 0.312 e. The minimum Gasteiger partial charge on any atom is -0.469 e. The van der Waals surface area contributed by atoms with Crippen LogP contribution >= 0.6 is 0 Å². The molecule has 0 aromatic carbocycles. The Morgan fingerprint density at radius 1 is 0.774 bits per heavy atom. The van der Waals surface area contributed by atoms with Crippen LogP contribution < -0.4 is 0 Å². The lowest BCUT2D eigenvalue weighted by molar-refractivity contribution is -0.246. The zero-order valence-corrected chi connectivity index (χ0v) is 20.9. The van der Waals surface area contributed by atoms with Crippen LogP contribution in [0.4, 0.5) is 0 Å². The predicted octanol–water partition coefficient (Wildman–Crippen LogP) is 6.38. The van der Waals surface area contributed by atoms with Gasteiger partial charge in [0.15, 0.2) is 0 Å². The van der Waals surface area contributed by atoms with Gasteiger partial charge < -0.3 is 9.84 Å². The summed E-state index contributed by atoms with van der Waals surface area (Å²) in [5.41, 5.74) is 0.807. The van der Waals surface area contributed by atoms with E-state index < -0.39 is 0 Å². The fourth-order valence-corrected chi connectivity index (χ4v) is 11.1. The fourth-order valence-electron chi connectivity index (χ4n) is 11.1. The lowest BCUT2D eigenvalue weighted by Gasteiger charge is -2.72. The van der Waals surface area contributed by atoms with Gasteiger partial charge in [-0.05, 0) is 110 Å². The molecule has 1 N–H and O–H groups in total. The SMILES string of the molecule is COC(=O)C12CCCC1C1CCC3C4(C)CCC(O)C(C)(C)C4CCC3(C)[C@]1(C)CC2. The second kappa shape index (κ2) is 6.73. The van der Waals surface area contributed by atoms with Gasteiger partial charge in [0.2, 0.25) is 0 Å². The van der Waals surface area contributed by atoms with Gasteiger partial charge in [-0.15, -0.1) is 0 Å². The second-order valence-corrected chi connectivity index (χ2v) is 13.7. The zero-order valence-electron chi connectivity index (χ0n) is 20.9. The van der Waals surface area contributed by atoms with Gasteiger partial charge >= 0.3 is 5.97 Å². The molecule has 9 atom stereocenters. The molecule has 0 heterocycles. The quantitative estimate of drug-likeness (QED) is 0.491. The Kier molecular flexibility index (Phi) is 4.83. The topological polar surface area (TPSA) is 46.5 Å². The molecule has 0 saturated heterocycles. The lowest BCUT2D eigenvalue weighted by Crippen LogP contribution is -2.66. The van der Waals surface area contributed by atoms with Crippen molar-refractivity contribution in [1.29, 1.82) is 0 Å². The first kappa shape index (κ1) is 22.2. The average Bonchev–Trinajstić information content (AvgIpc) is 3.16. The number of aliphatic hydroxyl groups is 1. The molecule has 5 rings (SSSR count). The van der Waals surface area contributed by atoms with Crippen molar-refractivity contribution in [2.75, 3.05) is 7.11 Å². The minimum atomic E-state index is -0.194. The number of methoxy groups -OCH3 is 1. The molecule has 176 valence electrons. The molecule has 0 aliphatic heterocycles. The van der Waals surface area contributed by atoms with Gasteiger partial charge in [0, 0.05) is 0 Å². The summed E-state index contributed by atoms with van der Waals surface area (Å²) in [6.45, 7) is 12.5. The van der Waals surface area contributed by atoms with Crippen molar-refractivity contribution in [2.45, 2.75) is 111 Å². The summed E-state index contributed by atoms with van der Waals surface area (Å²) in [6, 6.07) is 0. The van der Waals surface area contributed by atoms with Crippen molar-refractivity contribution >= 4 is 5.97 Å². The molecule has 0 aromatic heterocycles. The molecule has 3 nitrogen and oxygen atoms in total. The van der Waals surface area contributed by atoms with Gasteiger partial charge in [-0.25, -0.2) is 0 Å². The first-order valence-corrected chi connectivity index (χ1v) is 13.2. The number of carbonyl (C=O) groups excluding carboxylic acids is 1. The molecule has 0 bridgehead atoms. The molecule has 31 heavy (non-hydrogen) atoms. The average molecular weight is 431 g/mol. The van der Waals surface area contributed by atoms with Crippen molar-refractivity contribution < 1.29 is 14.6 Å². The number of carbonyl (C=O) groups is 1. The third kappa shape index (κ3) is 2.54. The zero-order chi connectivity index (χ0) is 22.4. The van der Waals surface area contributed by atoms with E-state index in [2.05, 4.69) is 34.6 Å². The van der Waals surface area contributed by atoms with E-state index in [1.807, 2.05) is 0 Å². The monoisotopic (exact) mass is 430 g/mol. The summed E-state index contributed by atoms with van der Waals surface area (Å²) in [5, 5.41) is 10.9. The van der Waals surface area contributed by atoms with Gasteiger partial charge in [-0.3, -0.25) is 4.79 Å². The maximum absolute atomic E-state index is 13.0. The molecule has 0 spiro atoms. The number of ether oxygens (including phenoxy) is 1. The fraction of sp³-hybridized carbons (Fsp3) is 0.964. The van der Waals surface area contributed by atoms with Crippen LogP contribution in [0, 0.1) is 50.7 Å². The highest BCUT2D eigenvalue weighted by atomic mass is 16.5. The van der Waals surface area contributed by atoms with E-state index in [0.717, 1.165) is 25.2 Å². The van der Waals surface area contributed by atoms with E-state index in [0.29, 0.717) is 34.0 Å². The van der Waals surface area contributed by atoms with Crippen LogP contribution in [-0.2, 0) is 9.53 Å². The second-order valence-electron chi connectivity index (χ2n) is 13.7. The molecule has 0 amide bonds. The van der Waals surface area contributed by atoms with E-state index in [-0.39, 0.29) is 22.9 Å². The van der Waals surface area contributed by atoms with E-state index in [9.17, 15) is 9.90 Å². The van der Waals surface area contributed by atoms with Crippen LogP contribution in [0.15, 0.2) is 0 Å². The number of rotatable bonds is 1. The predicted molar refractivity (Wildman–Crippen MR) is 123 cm³/mol. The number of fused-ring (bicyclic) bond motifs is 7. The molecule has 3 heteroatoms. The van der Waals surface area contributed by atoms with Crippen molar-refractivity contribution in [3.05, 3.63) is 0 Å². The van der Waals surface area contributed by atoms with E-state index in [4.69, 9.17) is 4.74 Å². The Hall–Kier alpha value is -0.570. The van der Waals surface area contributed by atoms with Crippen LogP contribution in [0.25, 0.3) is 0 Å². The third-order valence-electron chi connectivity index (χ3n) is 12.9. The Balaban J connectivity index is 1.52. The van der Waals surface area contributed by atoms with E-state index in [1.54, 1.807) is 7.11 Å². The number of esters is 1. The van der Waals surface area contributed by atoms with Gasteiger partial charge in [0.1, 0.15) is 0 Å². The van der Waals surface area contributed by atoms with E-state index >= 15 is 0 Å². The van der Waals surface area contributed by atoms with Crippen molar-refractivity contribution in [2.24, 2.45) is 50.7 Å². The lowest BCUT2D eigenvalue weighted by atomic mass is 9.32. The summed E-state index contributed by atoms with van der Waals surface area (Å²) >= 11 is 0. The van der Waals surface area contributed by atoms with Crippen LogP contribution in [0.3, 0.4) is 0 Å². The maximum atomic E-state index is 13.0.